The van der Waals surface area contributed by atoms with Crippen LogP contribution < -0.4 is 10.3 Å². The van der Waals surface area contributed by atoms with E-state index in [0.717, 1.165) is 24.4 Å². The summed E-state index contributed by atoms with van der Waals surface area (Å²) in [6.07, 6.45) is 0.979. The largest absolute Gasteiger partial charge is 0.388 e. The molecule has 0 aromatic heterocycles. The average Bonchev–Trinajstić information content (AvgIpc) is 2.91. The molecule has 2 rings (SSSR count). The Morgan fingerprint density at radius 3 is 2.55 bits per heavy atom. The van der Waals surface area contributed by atoms with Crippen molar-refractivity contribution in [2.75, 3.05) is 18.1 Å². The van der Waals surface area contributed by atoms with Gasteiger partial charge in [-0.2, -0.15) is 5.10 Å². The van der Waals surface area contributed by atoms with Crippen molar-refractivity contribution in [2.24, 2.45) is 11.0 Å². The number of hydrogen-bond donors (Lipinski definition) is 2. The Kier molecular flexibility index (Phi) is 4.86. The molecule has 0 saturated carbocycles. The third kappa shape index (κ3) is 3.85. The monoisotopic (exact) mass is 303 g/mol. The number of carbonyl (C=O) groups is 1. The molecule has 22 heavy (non-hydrogen) atoms. The van der Waals surface area contributed by atoms with Gasteiger partial charge < -0.3 is 10.4 Å². The first-order chi connectivity index (χ1) is 10.3. The zero-order valence-corrected chi connectivity index (χ0v) is 13.8. The average molecular weight is 303 g/mol. The van der Waals surface area contributed by atoms with Crippen LogP contribution in [-0.2, 0) is 0 Å². The number of hydrogen-bond acceptors (Lipinski definition) is 4. The van der Waals surface area contributed by atoms with Crippen LogP contribution in [0.25, 0.3) is 0 Å². The van der Waals surface area contributed by atoms with Crippen LogP contribution in [0, 0.1) is 5.92 Å². The maximum atomic E-state index is 12.1. The second-order valence-corrected chi connectivity index (χ2v) is 6.45. The minimum atomic E-state index is -0.905. The van der Waals surface area contributed by atoms with E-state index in [1.807, 2.05) is 37.9 Å². The van der Waals surface area contributed by atoms with Crippen LogP contribution in [0.15, 0.2) is 29.4 Å². The number of hydrazone groups is 1. The number of nitrogens with zero attached hydrogens (tertiary/aromatic N) is 2. The summed E-state index contributed by atoms with van der Waals surface area (Å²) in [4.78, 5) is 12.1. The van der Waals surface area contributed by atoms with Crippen LogP contribution in [0.5, 0.6) is 0 Å². The van der Waals surface area contributed by atoms with E-state index in [2.05, 4.69) is 10.4 Å². The molecule has 1 aromatic rings. The Hall–Kier alpha value is -1.88. The lowest BCUT2D eigenvalue weighted by Gasteiger charge is -2.27. The molecule has 2 N–H and O–H groups in total. The van der Waals surface area contributed by atoms with Gasteiger partial charge >= 0.3 is 0 Å². The molecule has 1 amide bonds. The van der Waals surface area contributed by atoms with Gasteiger partial charge in [-0.15, -0.1) is 0 Å². The summed E-state index contributed by atoms with van der Waals surface area (Å²) in [7, 11) is 0. The van der Waals surface area contributed by atoms with Crippen molar-refractivity contribution in [3.63, 3.8) is 0 Å². The number of aliphatic hydroxyl groups is 1. The van der Waals surface area contributed by atoms with Crippen LogP contribution in [-0.4, -0.2) is 35.4 Å². The smallest absolute Gasteiger partial charge is 0.251 e. The van der Waals surface area contributed by atoms with E-state index in [9.17, 15) is 9.90 Å². The van der Waals surface area contributed by atoms with E-state index in [0.29, 0.717) is 5.56 Å². The molecule has 1 aliphatic heterocycles. The predicted molar refractivity (Wildman–Crippen MR) is 89.3 cm³/mol. The maximum Gasteiger partial charge on any atom is 0.251 e. The molecule has 1 heterocycles. The Morgan fingerprint density at radius 1 is 1.41 bits per heavy atom. The summed E-state index contributed by atoms with van der Waals surface area (Å²) in [5.74, 6) is -0.0972. The summed E-state index contributed by atoms with van der Waals surface area (Å²) in [5.41, 5.74) is 1.79. The number of anilines is 1. The summed E-state index contributed by atoms with van der Waals surface area (Å²) in [5, 5.41) is 19.3. The lowest BCUT2D eigenvalue weighted by molar-refractivity contribution is 0.0142. The number of nitrogens with one attached hydrogen (secondary N) is 1. The quantitative estimate of drug-likeness (QED) is 0.878. The molecule has 1 atom stereocenters. The van der Waals surface area contributed by atoms with Gasteiger partial charge in [0.05, 0.1) is 11.3 Å². The molecule has 5 nitrogen and oxygen atoms in total. The predicted octanol–water partition coefficient (Wildman–Crippen LogP) is 2.41. The lowest BCUT2D eigenvalue weighted by Crippen LogP contribution is -2.44. The highest BCUT2D eigenvalue weighted by atomic mass is 16.3. The van der Waals surface area contributed by atoms with Gasteiger partial charge in [0.2, 0.25) is 0 Å². The minimum Gasteiger partial charge on any atom is -0.388 e. The minimum absolute atomic E-state index is 0.0754. The third-order valence-electron chi connectivity index (χ3n) is 4.26. The summed E-state index contributed by atoms with van der Waals surface area (Å²) >= 11 is 0. The van der Waals surface area contributed by atoms with E-state index < -0.39 is 5.60 Å². The molecule has 1 aromatic carbocycles. The summed E-state index contributed by atoms with van der Waals surface area (Å²) in [6.45, 7) is 8.73. The summed E-state index contributed by atoms with van der Waals surface area (Å²) < 4.78 is 0. The van der Waals surface area contributed by atoms with E-state index in [1.165, 1.54) is 0 Å². The van der Waals surface area contributed by atoms with Gasteiger partial charge in [0.15, 0.2) is 0 Å². The first-order valence-electron chi connectivity index (χ1n) is 7.72. The van der Waals surface area contributed by atoms with E-state index in [-0.39, 0.29) is 18.4 Å². The molecule has 0 fully saturated rings. The Bertz CT molecular complexity index is 562. The van der Waals surface area contributed by atoms with Crippen LogP contribution in [0.1, 0.15) is 44.5 Å². The van der Waals surface area contributed by atoms with Gasteiger partial charge in [-0.05, 0) is 44.0 Å². The van der Waals surface area contributed by atoms with E-state index in [4.69, 9.17) is 0 Å². The Balaban J connectivity index is 1.97. The van der Waals surface area contributed by atoms with Crippen molar-refractivity contribution in [3.8, 4) is 0 Å². The number of carbonyl (C=O) groups excluding carboxylic acids is 1. The number of rotatable bonds is 5. The first kappa shape index (κ1) is 16.5. The molecule has 1 aliphatic rings. The fourth-order valence-electron chi connectivity index (χ4n) is 2.11. The fourth-order valence-corrected chi connectivity index (χ4v) is 2.11. The molecule has 0 spiro atoms. The Labute approximate surface area is 132 Å². The molecule has 0 bridgehead atoms. The molecule has 5 heteroatoms. The number of benzene rings is 1. The standard InChI is InChI=1S/C17H25N3O2/c1-12(2)17(4,22)11-18-16(21)14-5-7-15(8-6-14)20-10-9-13(3)19-20/h5-8,12,22H,9-11H2,1-4H3,(H,18,21). The van der Waals surface area contributed by atoms with Gasteiger partial charge in [-0.25, -0.2) is 0 Å². The third-order valence-corrected chi connectivity index (χ3v) is 4.26. The molecule has 0 aliphatic carbocycles. The zero-order chi connectivity index (χ0) is 16.3. The SMILES string of the molecule is CC1=NN(c2ccc(C(=O)NCC(C)(O)C(C)C)cc2)CC1. The normalized spacial score (nSPS) is 17.4. The van der Waals surface area contributed by atoms with Gasteiger partial charge in [0.25, 0.3) is 5.91 Å². The van der Waals surface area contributed by atoms with Crippen molar-refractivity contribution >= 4 is 17.3 Å². The van der Waals surface area contributed by atoms with Crippen LogP contribution in [0.3, 0.4) is 0 Å². The lowest BCUT2D eigenvalue weighted by atomic mass is 9.92. The van der Waals surface area contributed by atoms with E-state index >= 15 is 0 Å². The van der Waals surface area contributed by atoms with Crippen molar-refractivity contribution in [3.05, 3.63) is 29.8 Å². The van der Waals surface area contributed by atoms with Crippen LogP contribution in [0.2, 0.25) is 0 Å². The highest BCUT2D eigenvalue weighted by molar-refractivity contribution is 5.94. The highest BCUT2D eigenvalue weighted by Gasteiger charge is 2.25. The van der Waals surface area contributed by atoms with Crippen molar-refractivity contribution in [1.82, 2.24) is 5.32 Å². The van der Waals surface area contributed by atoms with Crippen molar-refractivity contribution < 1.29 is 9.90 Å². The molecule has 120 valence electrons. The second kappa shape index (κ2) is 6.48. The van der Waals surface area contributed by atoms with Crippen molar-refractivity contribution in [1.29, 1.82) is 0 Å². The molecule has 0 radical (unpaired) electrons. The zero-order valence-electron chi connectivity index (χ0n) is 13.8. The van der Waals surface area contributed by atoms with Gasteiger partial charge in [0, 0.05) is 30.8 Å². The fraction of sp³-hybridized carbons (Fsp3) is 0.529. The molecule has 0 saturated heterocycles. The van der Waals surface area contributed by atoms with Crippen molar-refractivity contribution in [2.45, 2.75) is 39.7 Å². The first-order valence-corrected chi connectivity index (χ1v) is 7.72. The van der Waals surface area contributed by atoms with Gasteiger partial charge in [0.1, 0.15) is 0 Å². The maximum absolute atomic E-state index is 12.1. The molecular weight excluding hydrogens is 278 g/mol. The second-order valence-electron chi connectivity index (χ2n) is 6.45. The summed E-state index contributed by atoms with van der Waals surface area (Å²) in [6, 6.07) is 7.38. The van der Waals surface area contributed by atoms with E-state index in [1.54, 1.807) is 19.1 Å². The topological polar surface area (TPSA) is 64.9 Å². The highest BCUT2D eigenvalue weighted by Crippen LogP contribution is 2.20. The van der Waals surface area contributed by atoms with Crippen LogP contribution >= 0.6 is 0 Å². The Morgan fingerprint density at radius 2 is 2.05 bits per heavy atom. The number of amides is 1. The molecular formula is C17H25N3O2. The molecule has 1 unspecified atom stereocenters. The van der Waals surface area contributed by atoms with Crippen LogP contribution in [0.4, 0.5) is 5.69 Å². The van der Waals surface area contributed by atoms with Gasteiger partial charge in [-0.1, -0.05) is 13.8 Å². The van der Waals surface area contributed by atoms with Gasteiger partial charge in [-0.3, -0.25) is 9.80 Å².